The van der Waals surface area contributed by atoms with E-state index in [0.717, 1.165) is 11.5 Å². The standard InChI is InChI=1S/C7H16N2O2/c1-4-5-6(8)7(10)9(2)11-3/h6H,4-5,8H2,1-3H3/t6-/m1/s1. The van der Waals surface area contributed by atoms with Crippen LogP contribution in [0.4, 0.5) is 0 Å². The molecule has 0 radical (unpaired) electrons. The van der Waals surface area contributed by atoms with Gasteiger partial charge in [0.05, 0.1) is 13.2 Å². The largest absolute Gasteiger partial charge is 0.320 e. The van der Waals surface area contributed by atoms with Crippen LogP contribution in [0.25, 0.3) is 0 Å². The Balaban J connectivity index is 3.81. The Morgan fingerprint density at radius 2 is 2.27 bits per heavy atom. The topological polar surface area (TPSA) is 55.6 Å². The van der Waals surface area contributed by atoms with E-state index in [-0.39, 0.29) is 5.91 Å². The number of carbonyl (C=O) groups is 1. The molecule has 2 N–H and O–H groups in total. The molecule has 11 heavy (non-hydrogen) atoms. The van der Waals surface area contributed by atoms with E-state index in [1.807, 2.05) is 6.92 Å². The molecule has 0 aromatic heterocycles. The van der Waals surface area contributed by atoms with Crippen molar-refractivity contribution in [3.8, 4) is 0 Å². The second kappa shape index (κ2) is 5.09. The van der Waals surface area contributed by atoms with Gasteiger partial charge in [0.1, 0.15) is 0 Å². The van der Waals surface area contributed by atoms with E-state index >= 15 is 0 Å². The predicted octanol–water partition coefficient (Wildman–Crippen LogP) is 0.134. The van der Waals surface area contributed by atoms with Crippen LogP contribution in [0.3, 0.4) is 0 Å². The highest BCUT2D eigenvalue weighted by Gasteiger charge is 2.16. The number of hydrogen-bond donors (Lipinski definition) is 1. The highest BCUT2D eigenvalue weighted by atomic mass is 16.7. The van der Waals surface area contributed by atoms with Crippen LogP contribution in [-0.4, -0.2) is 31.2 Å². The molecule has 1 atom stereocenters. The molecule has 0 aliphatic rings. The third kappa shape index (κ3) is 3.34. The highest BCUT2D eigenvalue weighted by Crippen LogP contribution is 1.97. The summed E-state index contributed by atoms with van der Waals surface area (Å²) in [4.78, 5) is 15.8. The van der Waals surface area contributed by atoms with Gasteiger partial charge >= 0.3 is 0 Å². The summed E-state index contributed by atoms with van der Waals surface area (Å²) in [6, 6.07) is -0.426. The quantitative estimate of drug-likeness (QED) is 0.595. The third-order valence-corrected chi connectivity index (χ3v) is 1.50. The van der Waals surface area contributed by atoms with Gasteiger partial charge in [0.15, 0.2) is 0 Å². The van der Waals surface area contributed by atoms with Crippen molar-refractivity contribution in [3.05, 3.63) is 0 Å². The lowest BCUT2D eigenvalue weighted by Crippen LogP contribution is -2.40. The fourth-order valence-electron chi connectivity index (χ4n) is 0.758. The molecule has 0 aliphatic heterocycles. The summed E-state index contributed by atoms with van der Waals surface area (Å²) in [6.45, 7) is 1.99. The third-order valence-electron chi connectivity index (χ3n) is 1.50. The first-order valence-corrected chi connectivity index (χ1v) is 3.70. The zero-order chi connectivity index (χ0) is 8.85. The molecule has 0 spiro atoms. The van der Waals surface area contributed by atoms with E-state index in [1.54, 1.807) is 7.05 Å². The van der Waals surface area contributed by atoms with Gasteiger partial charge in [0.25, 0.3) is 5.91 Å². The minimum absolute atomic E-state index is 0.172. The van der Waals surface area contributed by atoms with E-state index in [9.17, 15) is 4.79 Å². The number of rotatable bonds is 4. The fourth-order valence-corrected chi connectivity index (χ4v) is 0.758. The summed E-state index contributed by atoms with van der Waals surface area (Å²) < 4.78 is 0. The smallest absolute Gasteiger partial charge is 0.262 e. The molecule has 0 aliphatic carbocycles. The summed E-state index contributed by atoms with van der Waals surface area (Å²) in [5.41, 5.74) is 5.53. The molecule has 0 bridgehead atoms. The van der Waals surface area contributed by atoms with Gasteiger partial charge in [-0.25, -0.2) is 5.06 Å². The van der Waals surface area contributed by atoms with Crippen LogP contribution >= 0.6 is 0 Å². The van der Waals surface area contributed by atoms with Crippen LogP contribution in [0, 0.1) is 0 Å². The first-order chi connectivity index (χ1) is 5.13. The van der Waals surface area contributed by atoms with Crippen molar-refractivity contribution in [3.63, 3.8) is 0 Å². The molecular formula is C7H16N2O2. The van der Waals surface area contributed by atoms with Crippen molar-refractivity contribution < 1.29 is 9.63 Å². The van der Waals surface area contributed by atoms with Crippen LogP contribution < -0.4 is 5.73 Å². The van der Waals surface area contributed by atoms with Crippen LogP contribution in [0.2, 0.25) is 0 Å². The van der Waals surface area contributed by atoms with Crippen molar-refractivity contribution in [1.29, 1.82) is 0 Å². The van der Waals surface area contributed by atoms with Gasteiger partial charge in [-0.05, 0) is 6.42 Å². The molecule has 0 saturated carbocycles. The maximum absolute atomic E-state index is 11.1. The minimum Gasteiger partial charge on any atom is -0.320 e. The van der Waals surface area contributed by atoms with Crippen molar-refractivity contribution in [2.45, 2.75) is 25.8 Å². The zero-order valence-corrected chi connectivity index (χ0v) is 7.33. The summed E-state index contributed by atoms with van der Waals surface area (Å²) >= 11 is 0. The number of hydroxylamine groups is 2. The normalized spacial score (nSPS) is 12.7. The molecule has 0 aromatic carbocycles. The fraction of sp³-hybridized carbons (Fsp3) is 0.857. The molecular weight excluding hydrogens is 144 g/mol. The van der Waals surface area contributed by atoms with Gasteiger partial charge in [0, 0.05) is 7.05 Å². The molecule has 0 heterocycles. The maximum atomic E-state index is 11.1. The molecule has 0 unspecified atom stereocenters. The Kier molecular flexibility index (Phi) is 4.81. The molecule has 0 fully saturated rings. The SMILES string of the molecule is CCC[C@@H](N)C(=O)N(C)OC. The number of carbonyl (C=O) groups excluding carboxylic acids is 1. The van der Waals surface area contributed by atoms with Crippen molar-refractivity contribution in [2.24, 2.45) is 5.73 Å². The Hall–Kier alpha value is -0.610. The second-order valence-electron chi connectivity index (χ2n) is 2.41. The predicted molar refractivity (Wildman–Crippen MR) is 42.7 cm³/mol. The second-order valence-corrected chi connectivity index (χ2v) is 2.41. The van der Waals surface area contributed by atoms with Crippen molar-refractivity contribution in [1.82, 2.24) is 5.06 Å². The van der Waals surface area contributed by atoms with E-state index in [1.165, 1.54) is 7.11 Å². The van der Waals surface area contributed by atoms with E-state index in [2.05, 4.69) is 4.84 Å². The zero-order valence-electron chi connectivity index (χ0n) is 7.33. The average Bonchev–Trinajstić information content (AvgIpc) is 2.02. The number of nitrogens with two attached hydrogens (primary N) is 1. The van der Waals surface area contributed by atoms with Crippen molar-refractivity contribution in [2.75, 3.05) is 14.2 Å². The Bertz CT molecular complexity index is 128. The molecule has 4 nitrogen and oxygen atoms in total. The Morgan fingerprint density at radius 1 is 1.73 bits per heavy atom. The first kappa shape index (κ1) is 10.4. The van der Waals surface area contributed by atoms with Gasteiger partial charge in [-0.15, -0.1) is 0 Å². The van der Waals surface area contributed by atoms with Gasteiger partial charge < -0.3 is 5.73 Å². The summed E-state index contributed by atoms with van der Waals surface area (Å²) in [5, 5.41) is 1.15. The summed E-state index contributed by atoms with van der Waals surface area (Å²) in [5.74, 6) is -0.172. The lowest BCUT2D eigenvalue weighted by molar-refractivity contribution is -0.170. The molecule has 0 saturated heterocycles. The first-order valence-electron chi connectivity index (χ1n) is 3.70. The monoisotopic (exact) mass is 160 g/mol. The molecule has 0 rings (SSSR count). The Morgan fingerprint density at radius 3 is 2.64 bits per heavy atom. The van der Waals surface area contributed by atoms with Gasteiger partial charge in [-0.2, -0.15) is 0 Å². The highest BCUT2D eigenvalue weighted by molar-refractivity contribution is 5.80. The number of amides is 1. The molecule has 66 valence electrons. The van der Waals surface area contributed by atoms with Crippen molar-refractivity contribution >= 4 is 5.91 Å². The molecule has 0 aromatic rings. The van der Waals surface area contributed by atoms with Crippen LogP contribution in [0.15, 0.2) is 0 Å². The van der Waals surface area contributed by atoms with E-state index in [0.29, 0.717) is 6.42 Å². The van der Waals surface area contributed by atoms with E-state index < -0.39 is 6.04 Å². The number of hydrogen-bond acceptors (Lipinski definition) is 3. The lowest BCUT2D eigenvalue weighted by atomic mass is 10.2. The van der Waals surface area contributed by atoms with Crippen LogP contribution in [0.1, 0.15) is 19.8 Å². The van der Waals surface area contributed by atoms with Gasteiger partial charge in [-0.3, -0.25) is 9.63 Å². The maximum Gasteiger partial charge on any atom is 0.262 e. The Labute approximate surface area is 67.3 Å². The number of likely N-dealkylation sites (N-methyl/N-ethyl adjacent to an activating group) is 1. The average molecular weight is 160 g/mol. The molecule has 4 heteroatoms. The van der Waals surface area contributed by atoms with Crippen LogP contribution in [0.5, 0.6) is 0 Å². The minimum atomic E-state index is -0.426. The molecule has 1 amide bonds. The van der Waals surface area contributed by atoms with Gasteiger partial charge in [0.2, 0.25) is 0 Å². The lowest BCUT2D eigenvalue weighted by Gasteiger charge is -2.17. The summed E-state index contributed by atoms with van der Waals surface area (Å²) in [6.07, 6.45) is 1.61. The summed E-state index contributed by atoms with van der Waals surface area (Å²) in [7, 11) is 2.99. The van der Waals surface area contributed by atoms with Gasteiger partial charge in [-0.1, -0.05) is 13.3 Å². The number of nitrogens with zero attached hydrogens (tertiary/aromatic N) is 1. The van der Waals surface area contributed by atoms with E-state index in [4.69, 9.17) is 5.73 Å². The van der Waals surface area contributed by atoms with Crippen LogP contribution in [-0.2, 0) is 9.63 Å².